The normalized spacial score (nSPS) is 12.7. The topological polar surface area (TPSA) is 58.6 Å². The number of methoxy groups -OCH3 is 1. The van der Waals surface area contributed by atoms with Gasteiger partial charge in [-0.3, -0.25) is 9.59 Å². The summed E-state index contributed by atoms with van der Waals surface area (Å²) in [7, 11) is 1.60. The maximum absolute atomic E-state index is 13.2. The van der Waals surface area contributed by atoms with Crippen molar-refractivity contribution in [3.05, 3.63) is 65.5 Å². The predicted molar refractivity (Wildman–Crippen MR) is 116 cm³/mol. The minimum atomic E-state index is -0.589. The fourth-order valence-corrected chi connectivity index (χ4v) is 3.17. The third-order valence-electron chi connectivity index (χ3n) is 5.17. The first kappa shape index (κ1) is 23.4. The van der Waals surface area contributed by atoms with Crippen LogP contribution in [0.4, 0.5) is 4.39 Å². The third-order valence-corrected chi connectivity index (χ3v) is 5.17. The number of amides is 2. The Labute approximate surface area is 178 Å². The molecular formula is C24H31FN2O3. The maximum atomic E-state index is 13.2. The highest BCUT2D eigenvalue weighted by Gasteiger charge is 2.29. The number of carbonyl (C=O) groups excluding carboxylic acids is 2. The average Bonchev–Trinajstić information content (AvgIpc) is 2.75. The largest absolute Gasteiger partial charge is 0.497 e. The van der Waals surface area contributed by atoms with Gasteiger partial charge in [0.15, 0.2) is 0 Å². The minimum absolute atomic E-state index is 0.0292. The standard InChI is InChI=1S/C24H31FN2O3/c1-5-17(3)26-24(29)22(6-2)27(16-19-9-13-21(30-4)14-10-19)23(28)15-18-7-11-20(25)12-8-18/h7-14,17,22H,5-6,15-16H2,1-4H3,(H,26,29)/t17-,22+/m1/s1. The second-order valence-corrected chi connectivity index (χ2v) is 7.41. The van der Waals surface area contributed by atoms with Gasteiger partial charge in [-0.25, -0.2) is 4.39 Å². The van der Waals surface area contributed by atoms with Crippen molar-refractivity contribution in [1.82, 2.24) is 10.2 Å². The van der Waals surface area contributed by atoms with E-state index in [9.17, 15) is 14.0 Å². The van der Waals surface area contributed by atoms with Crippen molar-refractivity contribution in [2.24, 2.45) is 0 Å². The summed E-state index contributed by atoms with van der Waals surface area (Å²) in [6.45, 7) is 6.14. The molecule has 0 bridgehead atoms. The molecular weight excluding hydrogens is 383 g/mol. The summed E-state index contributed by atoms with van der Waals surface area (Å²) in [5.74, 6) is 0.0431. The van der Waals surface area contributed by atoms with Crippen LogP contribution in [0.15, 0.2) is 48.5 Å². The number of benzene rings is 2. The Hall–Kier alpha value is -2.89. The molecule has 0 saturated carbocycles. The van der Waals surface area contributed by atoms with E-state index in [4.69, 9.17) is 4.74 Å². The molecule has 2 aromatic carbocycles. The summed E-state index contributed by atoms with van der Waals surface area (Å²) < 4.78 is 18.4. The molecule has 0 aliphatic heterocycles. The zero-order valence-corrected chi connectivity index (χ0v) is 18.2. The molecule has 2 aromatic rings. The fraction of sp³-hybridized carbons (Fsp3) is 0.417. The summed E-state index contributed by atoms with van der Waals surface area (Å²) in [5, 5.41) is 2.99. The van der Waals surface area contributed by atoms with Crippen LogP contribution in [0.25, 0.3) is 0 Å². The summed E-state index contributed by atoms with van der Waals surface area (Å²) >= 11 is 0. The molecule has 0 aromatic heterocycles. The first-order chi connectivity index (χ1) is 14.4. The van der Waals surface area contributed by atoms with E-state index in [-0.39, 0.29) is 30.1 Å². The van der Waals surface area contributed by atoms with E-state index in [0.717, 1.165) is 17.7 Å². The zero-order valence-electron chi connectivity index (χ0n) is 18.2. The van der Waals surface area contributed by atoms with Crippen LogP contribution < -0.4 is 10.1 Å². The Morgan fingerprint density at radius 1 is 1.00 bits per heavy atom. The molecule has 2 rings (SSSR count). The van der Waals surface area contributed by atoms with Crippen LogP contribution in [0, 0.1) is 5.82 Å². The highest BCUT2D eigenvalue weighted by molar-refractivity contribution is 5.88. The SMILES string of the molecule is CC[C@@H](C)NC(=O)[C@H](CC)N(Cc1ccc(OC)cc1)C(=O)Cc1ccc(F)cc1. The Balaban J connectivity index is 2.27. The number of hydrogen-bond donors (Lipinski definition) is 1. The van der Waals surface area contributed by atoms with Crippen LogP contribution in [0.1, 0.15) is 44.7 Å². The van der Waals surface area contributed by atoms with Gasteiger partial charge in [0.05, 0.1) is 13.5 Å². The monoisotopic (exact) mass is 414 g/mol. The number of rotatable bonds is 10. The van der Waals surface area contributed by atoms with Crippen molar-refractivity contribution in [3.8, 4) is 5.75 Å². The van der Waals surface area contributed by atoms with Gasteiger partial charge in [0.1, 0.15) is 17.6 Å². The second-order valence-electron chi connectivity index (χ2n) is 7.41. The van der Waals surface area contributed by atoms with Crippen LogP contribution in [0.3, 0.4) is 0 Å². The number of hydrogen-bond acceptors (Lipinski definition) is 3. The van der Waals surface area contributed by atoms with Gasteiger partial charge in [-0.15, -0.1) is 0 Å². The van der Waals surface area contributed by atoms with Crippen LogP contribution in [-0.2, 0) is 22.6 Å². The highest BCUT2D eigenvalue weighted by atomic mass is 19.1. The first-order valence-corrected chi connectivity index (χ1v) is 10.3. The number of nitrogens with zero attached hydrogens (tertiary/aromatic N) is 1. The Morgan fingerprint density at radius 3 is 2.13 bits per heavy atom. The molecule has 0 aliphatic carbocycles. The molecule has 162 valence electrons. The van der Waals surface area contributed by atoms with Crippen molar-refractivity contribution in [1.29, 1.82) is 0 Å². The second kappa shape index (κ2) is 11.3. The van der Waals surface area contributed by atoms with Crippen LogP contribution in [0.5, 0.6) is 5.75 Å². The molecule has 0 fully saturated rings. The molecule has 0 heterocycles. The predicted octanol–water partition coefficient (Wildman–Crippen LogP) is 4.10. The van der Waals surface area contributed by atoms with Gasteiger partial charge in [-0.05, 0) is 55.2 Å². The van der Waals surface area contributed by atoms with Crippen molar-refractivity contribution in [3.63, 3.8) is 0 Å². The van der Waals surface area contributed by atoms with Crippen molar-refractivity contribution in [2.45, 2.75) is 58.7 Å². The molecule has 2 atom stereocenters. The molecule has 0 unspecified atom stereocenters. The lowest BCUT2D eigenvalue weighted by atomic mass is 10.1. The number of ether oxygens (including phenoxy) is 1. The first-order valence-electron chi connectivity index (χ1n) is 10.3. The minimum Gasteiger partial charge on any atom is -0.497 e. The molecule has 1 N–H and O–H groups in total. The van der Waals surface area contributed by atoms with Gasteiger partial charge in [0.2, 0.25) is 11.8 Å². The number of halogens is 1. The van der Waals surface area contributed by atoms with Crippen molar-refractivity contribution < 1.29 is 18.7 Å². The number of carbonyl (C=O) groups is 2. The molecule has 0 radical (unpaired) electrons. The maximum Gasteiger partial charge on any atom is 0.243 e. The lowest BCUT2D eigenvalue weighted by molar-refractivity contribution is -0.141. The molecule has 2 amide bonds. The van der Waals surface area contributed by atoms with Gasteiger partial charge in [0, 0.05) is 12.6 Å². The fourth-order valence-electron chi connectivity index (χ4n) is 3.17. The lowest BCUT2D eigenvalue weighted by Gasteiger charge is -2.31. The van der Waals surface area contributed by atoms with E-state index in [1.807, 2.05) is 45.0 Å². The smallest absolute Gasteiger partial charge is 0.243 e. The Morgan fingerprint density at radius 2 is 1.60 bits per heavy atom. The summed E-state index contributed by atoms with van der Waals surface area (Å²) in [6, 6.07) is 12.7. The van der Waals surface area contributed by atoms with E-state index in [1.165, 1.54) is 12.1 Å². The summed E-state index contributed by atoms with van der Waals surface area (Å²) in [5.41, 5.74) is 1.61. The van der Waals surface area contributed by atoms with E-state index in [0.29, 0.717) is 18.5 Å². The van der Waals surface area contributed by atoms with E-state index >= 15 is 0 Å². The third kappa shape index (κ3) is 6.58. The highest BCUT2D eigenvalue weighted by Crippen LogP contribution is 2.18. The average molecular weight is 415 g/mol. The van der Waals surface area contributed by atoms with Gasteiger partial charge in [0.25, 0.3) is 0 Å². The van der Waals surface area contributed by atoms with Crippen molar-refractivity contribution >= 4 is 11.8 Å². The molecule has 30 heavy (non-hydrogen) atoms. The van der Waals surface area contributed by atoms with Crippen LogP contribution in [0.2, 0.25) is 0 Å². The van der Waals surface area contributed by atoms with Gasteiger partial charge >= 0.3 is 0 Å². The number of nitrogens with one attached hydrogen (secondary N) is 1. The van der Waals surface area contributed by atoms with E-state index in [2.05, 4.69) is 5.32 Å². The molecule has 6 heteroatoms. The van der Waals surface area contributed by atoms with Gasteiger partial charge in [-0.1, -0.05) is 38.1 Å². The van der Waals surface area contributed by atoms with Gasteiger partial charge in [-0.2, -0.15) is 0 Å². The van der Waals surface area contributed by atoms with E-state index in [1.54, 1.807) is 24.1 Å². The Bertz CT molecular complexity index is 821. The Kier molecular flexibility index (Phi) is 8.84. The van der Waals surface area contributed by atoms with Crippen molar-refractivity contribution in [2.75, 3.05) is 7.11 Å². The van der Waals surface area contributed by atoms with E-state index < -0.39 is 6.04 Å². The molecule has 0 saturated heterocycles. The van der Waals surface area contributed by atoms with Gasteiger partial charge < -0.3 is 15.0 Å². The quantitative estimate of drug-likeness (QED) is 0.637. The van der Waals surface area contributed by atoms with Crippen LogP contribution in [-0.4, -0.2) is 35.9 Å². The summed E-state index contributed by atoms with van der Waals surface area (Å²) in [6.07, 6.45) is 1.40. The molecule has 0 aliphatic rings. The lowest BCUT2D eigenvalue weighted by Crippen LogP contribution is -2.51. The zero-order chi connectivity index (χ0) is 22.1. The summed E-state index contributed by atoms with van der Waals surface area (Å²) in [4.78, 5) is 27.7. The molecule has 0 spiro atoms. The van der Waals surface area contributed by atoms with Crippen LogP contribution >= 0.6 is 0 Å². The molecule has 5 nitrogen and oxygen atoms in total.